The first-order chi connectivity index (χ1) is 8.24. The van der Waals surface area contributed by atoms with Crippen LogP contribution in [-0.2, 0) is 0 Å². The molecule has 18 heavy (non-hydrogen) atoms. The van der Waals surface area contributed by atoms with Gasteiger partial charge in [-0.1, -0.05) is 13.8 Å². The predicted molar refractivity (Wildman–Crippen MR) is 75.2 cm³/mol. The molecule has 1 aromatic heterocycles. The summed E-state index contributed by atoms with van der Waals surface area (Å²) in [5, 5.41) is 16.0. The van der Waals surface area contributed by atoms with Gasteiger partial charge in [0.15, 0.2) is 0 Å². The molecular weight excluding hydrogens is 228 g/mol. The molecule has 0 radical (unpaired) electrons. The van der Waals surface area contributed by atoms with E-state index in [1.54, 1.807) is 13.8 Å². The molecule has 0 atom stereocenters. The molecule has 3 N–H and O–H groups in total. The van der Waals surface area contributed by atoms with Gasteiger partial charge in [-0.15, -0.1) is 0 Å². The lowest BCUT2D eigenvalue weighted by Gasteiger charge is -2.20. The van der Waals surface area contributed by atoms with Crippen molar-refractivity contribution >= 4 is 11.6 Å². The Labute approximate surface area is 109 Å². The molecule has 0 aliphatic carbocycles. The normalized spacial score (nSPS) is 11.8. The second-order valence-electron chi connectivity index (χ2n) is 5.47. The van der Waals surface area contributed by atoms with Gasteiger partial charge in [0, 0.05) is 25.1 Å². The number of aliphatic hydroxyl groups is 1. The fraction of sp³-hybridized carbons (Fsp3) is 0.692. The highest BCUT2D eigenvalue weighted by Crippen LogP contribution is 2.23. The van der Waals surface area contributed by atoms with Crippen molar-refractivity contribution in [3.63, 3.8) is 0 Å². The quantitative estimate of drug-likeness (QED) is 0.749. The molecule has 1 aromatic rings. The van der Waals surface area contributed by atoms with E-state index in [4.69, 9.17) is 0 Å². The number of hydrogen-bond donors (Lipinski definition) is 3. The third-order valence-electron chi connectivity index (χ3n) is 2.60. The highest BCUT2D eigenvalue weighted by molar-refractivity contribution is 5.57. The molecule has 1 heterocycles. The van der Waals surface area contributed by atoms with Gasteiger partial charge in [-0.05, 0) is 20.8 Å². The number of anilines is 2. The number of nitrogens with zero attached hydrogens (tertiary/aromatic N) is 2. The van der Waals surface area contributed by atoms with Gasteiger partial charge < -0.3 is 15.7 Å². The maximum absolute atomic E-state index is 9.75. The van der Waals surface area contributed by atoms with Crippen LogP contribution < -0.4 is 10.6 Å². The van der Waals surface area contributed by atoms with Crippen molar-refractivity contribution in [2.24, 2.45) is 0 Å². The van der Waals surface area contributed by atoms with E-state index in [1.165, 1.54) is 0 Å². The third kappa shape index (κ3) is 3.84. The summed E-state index contributed by atoms with van der Waals surface area (Å²) in [7, 11) is 1.85. The van der Waals surface area contributed by atoms with E-state index in [9.17, 15) is 5.11 Å². The zero-order valence-electron chi connectivity index (χ0n) is 12.1. The number of nitrogens with one attached hydrogen (secondary N) is 2. The minimum absolute atomic E-state index is 0.264. The fourth-order valence-electron chi connectivity index (χ4n) is 1.51. The molecule has 0 fully saturated rings. The summed E-state index contributed by atoms with van der Waals surface area (Å²) in [6.07, 6.45) is 0. The lowest BCUT2D eigenvalue weighted by Crippen LogP contribution is -2.30. The van der Waals surface area contributed by atoms with Crippen molar-refractivity contribution in [2.45, 2.75) is 46.1 Å². The SMILES string of the molecule is CNc1nc(C(C)C)nc(NCC(C)(C)O)c1C. The van der Waals surface area contributed by atoms with Gasteiger partial charge in [-0.3, -0.25) is 0 Å². The summed E-state index contributed by atoms with van der Waals surface area (Å²) >= 11 is 0. The second kappa shape index (κ2) is 5.52. The molecule has 0 spiro atoms. The maximum Gasteiger partial charge on any atom is 0.135 e. The summed E-state index contributed by atoms with van der Waals surface area (Å²) in [5.41, 5.74) is 0.195. The summed E-state index contributed by atoms with van der Waals surface area (Å²) in [6.45, 7) is 10.1. The summed E-state index contributed by atoms with van der Waals surface area (Å²) in [5.74, 6) is 2.66. The fourth-order valence-corrected chi connectivity index (χ4v) is 1.51. The molecule has 102 valence electrons. The van der Waals surface area contributed by atoms with Crippen molar-refractivity contribution in [1.29, 1.82) is 0 Å². The molecule has 0 amide bonds. The average Bonchev–Trinajstić information content (AvgIpc) is 2.26. The van der Waals surface area contributed by atoms with Crippen molar-refractivity contribution < 1.29 is 5.11 Å². The molecule has 0 aliphatic heterocycles. The van der Waals surface area contributed by atoms with E-state index in [2.05, 4.69) is 34.4 Å². The standard InChI is InChI=1S/C13H24N4O/c1-8(2)10-16-11(14-6)9(3)12(17-10)15-7-13(4,5)18/h8,18H,7H2,1-6H3,(H2,14,15,16,17). The Bertz CT molecular complexity index is 410. The molecule has 0 aliphatic rings. The Morgan fingerprint density at radius 2 is 1.78 bits per heavy atom. The largest absolute Gasteiger partial charge is 0.389 e. The van der Waals surface area contributed by atoms with Crippen LogP contribution in [0.3, 0.4) is 0 Å². The van der Waals surface area contributed by atoms with Gasteiger partial charge in [0.1, 0.15) is 17.5 Å². The first kappa shape index (κ1) is 14.7. The average molecular weight is 252 g/mol. The Morgan fingerprint density at radius 3 is 2.22 bits per heavy atom. The first-order valence-electron chi connectivity index (χ1n) is 6.27. The smallest absolute Gasteiger partial charge is 0.135 e. The van der Waals surface area contributed by atoms with Crippen LogP contribution in [0.4, 0.5) is 11.6 Å². The van der Waals surface area contributed by atoms with Crippen molar-refractivity contribution in [1.82, 2.24) is 9.97 Å². The molecule has 0 bridgehead atoms. The lowest BCUT2D eigenvalue weighted by atomic mass is 10.1. The van der Waals surface area contributed by atoms with E-state index < -0.39 is 5.60 Å². The van der Waals surface area contributed by atoms with Crippen molar-refractivity contribution in [3.8, 4) is 0 Å². The molecule has 0 unspecified atom stereocenters. The van der Waals surface area contributed by atoms with Crippen molar-refractivity contribution in [2.75, 3.05) is 24.2 Å². The molecular formula is C13H24N4O. The Balaban J connectivity index is 3.05. The molecule has 5 heteroatoms. The highest BCUT2D eigenvalue weighted by atomic mass is 16.3. The Morgan fingerprint density at radius 1 is 1.22 bits per heavy atom. The second-order valence-corrected chi connectivity index (χ2v) is 5.47. The van der Waals surface area contributed by atoms with Crippen LogP contribution in [0.2, 0.25) is 0 Å². The van der Waals surface area contributed by atoms with Gasteiger partial charge in [0.25, 0.3) is 0 Å². The Hall–Kier alpha value is -1.36. The van der Waals surface area contributed by atoms with Gasteiger partial charge in [0.2, 0.25) is 0 Å². The summed E-state index contributed by atoms with van der Waals surface area (Å²) in [4.78, 5) is 8.98. The maximum atomic E-state index is 9.75. The molecule has 1 rings (SSSR count). The van der Waals surface area contributed by atoms with E-state index in [-0.39, 0.29) is 5.92 Å². The van der Waals surface area contributed by atoms with Crippen LogP contribution >= 0.6 is 0 Å². The molecule has 0 saturated carbocycles. The van der Waals surface area contributed by atoms with Crippen LogP contribution in [0.5, 0.6) is 0 Å². The topological polar surface area (TPSA) is 70.1 Å². The predicted octanol–water partition coefficient (Wildman–Crippen LogP) is 2.13. The minimum Gasteiger partial charge on any atom is -0.389 e. The summed E-state index contributed by atoms with van der Waals surface area (Å²) in [6, 6.07) is 0. The van der Waals surface area contributed by atoms with Gasteiger partial charge in [-0.2, -0.15) is 0 Å². The molecule has 0 aromatic carbocycles. The van der Waals surface area contributed by atoms with Crippen LogP contribution in [0, 0.1) is 6.92 Å². The van der Waals surface area contributed by atoms with E-state index >= 15 is 0 Å². The number of hydrogen-bond acceptors (Lipinski definition) is 5. The zero-order chi connectivity index (χ0) is 13.9. The van der Waals surface area contributed by atoms with E-state index in [1.807, 2.05) is 14.0 Å². The monoisotopic (exact) mass is 252 g/mol. The van der Waals surface area contributed by atoms with E-state index in [0.29, 0.717) is 6.54 Å². The highest BCUT2D eigenvalue weighted by Gasteiger charge is 2.16. The van der Waals surface area contributed by atoms with Gasteiger partial charge in [-0.25, -0.2) is 9.97 Å². The van der Waals surface area contributed by atoms with Gasteiger partial charge in [0.05, 0.1) is 5.60 Å². The van der Waals surface area contributed by atoms with Crippen molar-refractivity contribution in [3.05, 3.63) is 11.4 Å². The Kier molecular flexibility index (Phi) is 4.51. The van der Waals surface area contributed by atoms with Crippen LogP contribution in [-0.4, -0.2) is 34.3 Å². The third-order valence-corrected chi connectivity index (χ3v) is 2.60. The van der Waals surface area contributed by atoms with Crippen LogP contribution in [0.15, 0.2) is 0 Å². The van der Waals surface area contributed by atoms with E-state index in [0.717, 1.165) is 23.0 Å². The number of rotatable bonds is 5. The first-order valence-corrected chi connectivity index (χ1v) is 6.27. The van der Waals surface area contributed by atoms with Crippen LogP contribution in [0.25, 0.3) is 0 Å². The molecule has 5 nitrogen and oxygen atoms in total. The van der Waals surface area contributed by atoms with Gasteiger partial charge >= 0.3 is 0 Å². The van der Waals surface area contributed by atoms with Crippen LogP contribution in [0.1, 0.15) is 45.0 Å². The number of aromatic nitrogens is 2. The molecule has 0 saturated heterocycles. The lowest BCUT2D eigenvalue weighted by molar-refractivity contribution is 0.0944. The minimum atomic E-state index is -0.769. The zero-order valence-corrected chi connectivity index (χ0v) is 12.1. The summed E-state index contributed by atoms with van der Waals surface area (Å²) < 4.78 is 0.